The third-order valence-electron chi connectivity index (χ3n) is 3.89. The lowest BCUT2D eigenvalue weighted by Gasteiger charge is -2.48. The van der Waals surface area contributed by atoms with E-state index in [2.05, 4.69) is 4.74 Å². The number of benzene rings is 1. The largest absolute Gasteiger partial charge is 0.491 e. The zero-order valence-electron chi connectivity index (χ0n) is 13.4. The van der Waals surface area contributed by atoms with Gasteiger partial charge in [0.1, 0.15) is 0 Å². The Labute approximate surface area is 139 Å². The highest BCUT2D eigenvalue weighted by Gasteiger charge is 2.48. The maximum atomic E-state index is 12.7. The molecule has 1 saturated heterocycles. The monoisotopic (exact) mass is 370 g/mol. The first-order valence-electron chi connectivity index (χ1n) is 7.26. The Morgan fingerprint density at radius 3 is 2.12 bits per heavy atom. The molecule has 0 unspecified atom stereocenters. The van der Waals surface area contributed by atoms with Crippen LogP contribution in [0.5, 0.6) is 0 Å². The molecule has 0 amide bonds. The van der Waals surface area contributed by atoms with Gasteiger partial charge in [0, 0.05) is 18.8 Å². The van der Waals surface area contributed by atoms with Crippen LogP contribution in [-0.2, 0) is 15.7 Å². The summed E-state index contributed by atoms with van der Waals surface area (Å²) in [5, 5.41) is 0. The Morgan fingerprint density at radius 1 is 1.08 bits per heavy atom. The summed E-state index contributed by atoms with van der Waals surface area (Å²) in [5.41, 5.74) is -2.31. The molecule has 0 aliphatic carbocycles. The summed E-state index contributed by atoms with van der Waals surface area (Å²) in [5.74, 6) is -2.35. The van der Waals surface area contributed by atoms with Gasteiger partial charge in [0.05, 0.1) is 12.1 Å². The molecular formula is C15H16F6N2O2. The number of hydrogen-bond acceptors (Lipinski definition) is 4. The topological polar surface area (TPSA) is 32.8 Å². The average molecular weight is 370 g/mol. The molecule has 0 radical (unpaired) electrons. The number of alkyl halides is 6. The fourth-order valence-corrected chi connectivity index (χ4v) is 2.75. The van der Waals surface area contributed by atoms with Gasteiger partial charge in [-0.05, 0) is 38.2 Å². The number of carbonyl (C=O) groups is 1. The van der Waals surface area contributed by atoms with Crippen molar-refractivity contribution in [1.82, 2.24) is 4.90 Å². The fourth-order valence-electron chi connectivity index (χ4n) is 2.75. The van der Waals surface area contributed by atoms with Crippen molar-refractivity contribution in [3.8, 4) is 0 Å². The number of carbonyl (C=O) groups excluding carboxylic acids is 1. The Bertz CT molecular complexity index is 628. The van der Waals surface area contributed by atoms with Crippen LogP contribution < -0.4 is 4.90 Å². The van der Waals surface area contributed by atoms with E-state index in [0.29, 0.717) is 6.54 Å². The van der Waals surface area contributed by atoms with Gasteiger partial charge >= 0.3 is 18.3 Å². The summed E-state index contributed by atoms with van der Waals surface area (Å²) in [6, 6.07) is 3.96. The van der Waals surface area contributed by atoms with Gasteiger partial charge in [-0.2, -0.15) is 26.3 Å². The molecule has 0 spiro atoms. The van der Waals surface area contributed by atoms with Gasteiger partial charge in [-0.1, -0.05) is 0 Å². The Kier molecular flexibility index (Phi) is 4.95. The number of esters is 1. The zero-order valence-corrected chi connectivity index (χ0v) is 13.4. The number of anilines is 1. The molecule has 25 heavy (non-hydrogen) atoms. The Morgan fingerprint density at radius 2 is 1.64 bits per heavy atom. The number of ether oxygens (including phenoxy) is 1. The van der Waals surface area contributed by atoms with Crippen molar-refractivity contribution >= 4 is 11.7 Å². The van der Waals surface area contributed by atoms with Crippen LogP contribution in [0.25, 0.3) is 0 Å². The van der Waals surface area contributed by atoms with Crippen molar-refractivity contribution in [1.29, 1.82) is 0 Å². The lowest BCUT2D eigenvalue weighted by Crippen LogP contribution is -2.63. The Hall–Kier alpha value is -1.97. The van der Waals surface area contributed by atoms with E-state index in [1.807, 2.05) is 0 Å². The lowest BCUT2D eigenvalue weighted by molar-refractivity contribution is -0.215. The maximum Gasteiger partial charge on any atom is 0.491 e. The van der Waals surface area contributed by atoms with Gasteiger partial charge in [-0.15, -0.1) is 0 Å². The molecule has 0 saturated carbocycles. The average Bonchev–Trinajstić information content (AvgIpc) is 2.45. The molecule has 0 aromatic heterocycles. The minimum atomic E-state index is -5.16. The molecule has 0 N–H and O–H groups in total. The molecule has 10 heteroatoms. The molecule has 1 aromatic carbocycles. The summed E-state index contributed by atoms with van der Waals surface area (Å²) >= 11 is 0. The van der Waals surface area contributed by atoms with Gasteiger partial charge in [0.25, 0.3) is 0 Å². The molecule has 2 rings (SSSR count). The first kappa shape index (κ1) is 19.4. The van der Waals surface area contributed by atoms with Crippen LogP contribution in [0.15, 0.2) is 24.3 Å². The van der Waals surface area contributed by atoms with Crippen molar-refractivity contribution in [2.75, 3.05) is 31.6 Å². The molecule has 140 valence electrons. The van der Waals surface area contributed by atoms with E-state index in [1.165, 1.54) is 11.8 Å². The number of nitrogens with zero attached hydrogens (tertiary/aromatic N) is 2. The third kappa shape index (κ3) is 4.36. The first-order valence-corrected chi connectivity index (χ1v) is 7.26. The smallest absolute Gasteiger partial charge is 0.431 e. The molecular weight excluding hydrogens is 354 g/mol. The van der Waals surface area contributed by atoms with Crippen LogP contribution in [0.1, 0.15) is 12.5 Å². The van der Waals surface area contributed by atoms with E-state index >= 15 is 0 Å². The predicted octanol–water partition coefficient (Wildman–Crippen LogP) is 3.28. The van der Waals surface area contributed by atoms with Gasteiger partial charge in [0.15, 0.2) is 5.72 Å². The van der Waals surface area contributed by atoms with E-state index < -0.39 is 29.6 Å². The van der Waals surface area contributed by atoms with E-state index in [1.54, 1.807) is 11.9 Å². The van der Waals surface area contributed by atoms with Crippen molar-refractivity contribution < 1.29 is 35.9 Å². The molecule has 0 bridgehead atoms. The normalized spacial score (nSPS) is 22.8. The van der Waals surface area contributed by atoms with Crippen molar-refractivity contribution in [2.45, 2.75) is 25.0 Å². The standard InChI is InChI=1S/C15H16F6N2O2/c1-13(25-12(24)15(19,20)21)9-22(2)7-8-23(13)11-5-3-10(4-6-11)14(16,17)18/h3-6H,7-9H2,1-2H3/t13-/m1/s1. The SMILES string of the molecule is CN1CCN(c2ccc(C(F)(F)F)cc2)[C@](C)(OC(=O)C(F)(F)F)C1. The van der Waals surface area contributed by atoms with Crippen molar-refractivity contribution in [3.63, 3.8) is 0 Å². The summed E-state index contributed by atoms with van der Waals surface area (Å²) < 4.78 is 80.3. The number of likely N-dealkylation sites (N-methyl/N-ethyl adjacent to an activating group) is 1. The number of hydrogen-bond donors (Lipinski definition) is 0. The van der Waals surface area contributed by atoms with E-state index in [-0.39, 0.29) is 18.8 Å². The first-order chi connectivity index (χ1) is 11.3. The van der Waals surface area contributed by atoms with Crippen LogP contribution in [0.3, 0.4) is 0 Å². The second-order valence-corrected chi connectivity index (χ2v) is 6.00. The summed E-state index contributed by atoms with van der Waals surface area (Å²) in [6.45, 7) is 1.89. The molecule has 1 atom stereocenters. The summed E-state index contributed by atoms with van der Waals surface area (Å²) in [7, 11) is 1.64. The van der Waals surface area contributed by atoms with Gasteiger partial charge in [-0.3, -0.25) is 4.90 Å². The lowest BCUT2D eigenvalue weighted by atomic mass is 10.1. The molecule has 1 aromatic rings. The predicted molar refractivity (Wildman–Crippen MR) is 76.8 cm³/mol. The summed E-state index contributed by atoms with van der Waals surface area (Å²) in [4.78, 5) is 14.3. The second-order valence-electron chi connectivity index (χ2n) is 6.00. The molecule has 1 fully saturated rings. The van der Waals surface area contributed by atoms with Gasteiger partial charge < -0.3 is 9.64 Å². The van der Waals surface area contributed by atoms with Crippen LogP contribution in [0.4, 0.5) is 32.0 Å². The van der Waals surface area contributed by atoms with Crippen molar-refractivity contribution in [3.05, 3.63) is 29.8 Å². The zero-order chi connectivity index (χ0) is 19.0. The van der Waals surface area contributed by atoms with E-state index in [9.17, 15) is 31.1 Å². The third-order valence-corrected chi connectivity index (χ3v) is 3.89. The van der Waals surface area contributed by atoms with Gasteiger partial charge in [0.2, 0.25) is 0 Å². The molecule has 1 aliphatic heterocycles. The van der Waals surface area contributed by atoms with Crippen LogP contribution in [0.2, 0.25) is 0 Å². The second kappa shape index (κ2) is 6.40. The van der Waals surface area contributed by atoms with Crippen LogP contribution in [-0.4, -0.2) is 49.5 Å². The number of rotatable bonds is 2. The van der Waals surface area contributed by atoms with Crippen LogP contribution in [0, 0.1) is 0 Å². The highest BCUT2D eigenvalue weighted by molar-refractivity contribution is 5.76. The van der Waals surface area contributed by atoms with Gasteiger partial charge in [-0.25, -0.2) is 4.79 Å². The highest BCUT2D eigenvalue weighted by atomic mass is 19.4. The van der Waals surface area contributed by atoms with E-state index in [4.69, 9.17) is 0 Å². The number of halogens is 6. The van der Waals surface area contributed by atoms with Crippen LogP contribution >= 0.6 is 0 Å². The minimum absolute atomic E-state index is 0.0319. The highest BCUT2D eigenvalue weighted by Crippen LogP contribution is 2.34. The number of piperazine rings is 1. The van der Waals surface area contributed by atoms with E-state index in [0.717, 1.165) is 24.3 Å². The minimum Gasteiger partial charge on any atom is -0.431 e. The van der Waals surface area contributed by atoms with Crippen molar-refractivity contribution in [2.24, 2.45) is 0 Å². The summed E-state index contributed by atoms with van der Waals surface area (Å²) in [6.07, 6.45) is -9.68. The quantitative estimate of drug-likeness (QED) is 0.591. The Balaban J connectivity index is 2.31. The fraction of sp³-hybridized carbons (Fsp3) is 0.533. The molecule has 1 heterocycles. The maximum absolute atomic E-state index is 12.7. The molecule has 4 nitrogen and oxygen atoms in total. The molecule has 1 aliphatic rings.